The van der Waals surface area contributed by atoms with Crippen LogP contribution in [0, 0.1) is 6.92 Å². The van der Waals surface area contributed by atoms with Gasteiger partial charge in [0.25, 0.3) is 0 Å². The van der Waals surface area contributed by atoms with Crippen molar-refractivity contribution in [3.63, 3.8) is 0 Å². The molecule has 0 aliphatic carbocycles. The minimum atomic E-state index is -0.000537. The van der Waals surface area contributed by atoms with Gasteiger partial charge in [-0.15, -0.1) is 0 Å². The third-order valence-corrected chi connectivity index (χ3v) is 5.04. The first kappa shape index (κ1) is 15.9. The first-order valence-corrected chi connectivity index (χ1v) is 8.60. The molecule has 1 amide bonds. The summed E-state index contributed by atoms with van der Waals surface area (Å²) in [6, 6.07) is 3.89. The number of aromatic nitrogens is 2. The number of amides is 1. The molecule has 1 saturated heterocycles. The smallest absolute Gasteiger partial charge is 0.307 e. The Labute approximate surface area is 138 Å². The summed E-state index contributed by atoms with van der Waals surface area (Å²) in [5, 5.41) is 5.16. The highest BCUT2D eigenvalue weighted by Gasteiger charge is 2.27. The summed E-state index contributed by atoms with van der Waals surface area (Å²) in [5.41, 5.74) is 1.95. The topological polar surface area (TPSA) is 67.2 Å². The number of aryl methyl sites for hydroxylation is 1. The van der Waals surface area contributed by atoms with Crippen LogP contribution in [-0.4, -0.2) is 40.0 Å². The van der Waals surface area contributed by atoms with Crippen molar-refractivity contribution in [1.82, 2.24) is 19.8 Å². The fraction of sp³-hybridized carbons (Fsp3) is 0.438. The average Bonchev–Trinajstić information content (AvgIpc) is 2.92. The molecule has 0 bridgehead atoms. The van der Waals surface area contributed by atoms with E-state index in [0.717, 1.165) is 24.3 Å². The van der Waals surface area contributed by atoms with E-state index in [1.54, 1.807) is 10.8 Å². The number of thiazole rings is 1. The Morgan fingerprint density at radius 3 is 3.09 bits per heavy atom. The number of rotatable bonds is 4. The fourth-order valence-electron chi connectivity index (χ4n) is 2.90. The third-order valence-electron chi connectivity index (χ3n) is 4.16. The van der Waals surface area contributed by atoms with Crippen LogP contribution in [0.5, 0.6) is 0 Å². The van der Waals surface area contributed by atoms with Gasteiger partial charge in [-0.2, -0.15) is 0 Å². The van der Waals surface area contributed by atoms with Crippen molar-refractivity contribution in [2.75, 3.05) is 19.6 Å². The van der Waals surface area contributed by atoms with E-state index in [2.05, 4.69) is 10.3 Å². The summed E-state index contributed by atoms with van der Waals surface area (Å²) in [5.74, 6) is 0.0813. The molecule has 2 aromatic rings. The van der Waals surface area contributed by atoms with Gasteiger partial charge in [0.1, 0.15) is 0 Å². The van der Waals surface area contributed by atoms with Crippen molar-refractivity contribution in [1.29, 1.82) is 0 Å². The van der Waals surface area contributed by atoms with Gasteiger partial charge in [-0.05, 0) is 18.6 Å². The van der Waals surface area contributed by atoms with Gasteiger partial charge in [-0.1, -0.05) is 17.4 Å². The van der Waals surface area contributed by atoms with Crippen molar-refractivity contribution in [2.45, 2.75) is 25.9 Å². The second kappa shape index (κ2) is 7.06. The van der Waals surface area contributed by atoms with Gasteiger partial charge in [-0.25, -0.2) is 0 Å². The molecular formula is C16H20N4O2S. The molecule has 1 unspecified atom stereocenters. The first-order chi connectivity index (χ1) is 11.2. The minimum absolute atomic E-state index is 0.000537. The van der Waals surface area contributed by atoms with Crippen LogP contribution in [-0.2, 0) is 11.3 Å². The number of carbonyl (C=O) groups is 1. The molecule has 122 valence electrons. The summed E-state index contributed by atoms with van der Waals surface area (Å²) in [6.45, 7) is 4.53. The van der Waals surface area contributed by atoms with E-state index in [1.807, 2.05) is 35.5 Å². The highest BCUT2D eigenvalue weighted by atomic mass is 32.1. The SMILES string of the molecule is Cc1csc(=O)n1CCC(=O)N1CCNCC1c1cccnc1. The molecule has 0 saturated carbocycles. The second-order valence-electron chi connectivity index (χ2n) is 5.64. The van der Waals surface area contributed by atoms with E-state index in [1.165, 1.54) is 11.3 Å². The molecule has 1 aliphatic rings. The third kappa shape index (κ3) is 3.51. The van der Waals surface area contributed by atoms with Crippen LogP contribution in [0.1, 0.15) is 23.7 Å². The van der Waals surface area contributed by atoms with Gasteiger partial charge in [0.2, 0.25) is 5.91 Å². The van der Waals surface area contributed by atoms with Crippen LogP contribution in [0.4, 0.5) is 0 Å². The van der Waals surface area contributed by atoms with Crippen molar-refractivity contribution >= 4 is 17.2 Å². The molecule has 1 aliphatic heterocycles. The van der Waals surface area contributed by atoms with Crippen LogP contribution in [0.15, 0.2) is 34.7 Å². The maximum absolute atomic E-state index is 12.7. The molecule has 1 N–H and O–H groups in total. The molecule has 3 rings (SSSR count). The summed E-state index contributed by atoms with van der Waals surface area (Å²) in [7, 11) is 0. The maximum atomic E-state index is 12.7. The Morgan fingerprint density at radius 2 is 2.39 bits per heavy atom. The molecule has 0 spiro atoms. The Hall–Kier alpha value is -1.99. The van der Waals surface area contributed by atoms with E-state index in [0.29, 0.717) is 19.5 Å². The van der Waals surface area contributed by atoms with E-state index in [4.69, 9.17) is 0 Å². The van der Waals surface area contributed by atoms with Crippen LogP contribution in [0.2, 0.25) is 0 Å². The number of carbonyl (C=O) groups excluding carboxylic acids is 1. The summed E-state index contributed by atoms with van der Waals surface area (Å²) < 4.78 is 1.67. The zero-order valence-corrected chi connectivity index (χ0v) is 13.9. The van der Waals surface area contributed by atoms with Crippen LogP contribution in [0.3, 0.4) is 0 Å². The highest BCUT2D eigenvalue weighted by Crippen LogP contribution is 2.22. The Balaban J connectivity index is 1.71. The van der Waals surface area contributed by atoms with Gasteiger partial charge in [0, 0.05) is 56.1 Å². The molecule has 0 radical (unpaired) electrons. The van der Waals surface area contributed by atoms with E-state index >= 15 is 0 Å². The molecule has 3 heterocycles. The standard InChI is InChI=1S/C16H20N4O2S/c1-12-11-23-16(22)19(12)7-4-15(21)20-8-6-18-10-14(20)13-3-2-5-17-9-13/h2-3,5,9,11,14,18H,4,6-8,10H2,1H3. The van der Waals surface area contributed by atoms with Gasteiger partial charge in [-0.3, -0.25) is 14.6 Å². The fourth-order valence-corrected chi connectivity index (χ4v) is 3.66. The molecule has 23 heavy (non-hydrogen) atoms. The number of hydrogen-bond acceptors (Lipinski definition) is 5. The number of hydrogen-bond donors (Lipinski definition) is 1. The Kier molecular flexibility index (Phi) is 4.88. The molecular weight excluding hydrogens is 312 g/mol. The minimum Gasteiger partial charge on any atom is -0.333 e. The monoisotopic (exact) mass is 332 g/mol. The molecule has 7 heteroatoms. The van der Waals surface area contributed by atoms with Crippen LogP contribution in [0.25, 0.3) is 0 Å². The zero-order valence-electron chi connectivity index (χ0n) is 13.1. The lowest BCUT2D eigenvalue weighted by Crippen LogP contribution is -2.49. The average molecular weight is 332 g/mol. The van der Waals surface area contributed by atoms with Crippen molar-refractivity contribution in [2.24, 2.45) is 0 Å². The van der Waals surface area contributed by atoms with Crippen LogP contribution >= 0.6 is 11.3 Å². The quantitative estimate of drug-likeness (QED) is 0.913. The van der Waals surface area contributed by atoms with Crippen molar-refractivity contribution < 1.29 is 4.79 Å². The van der Waals surface area contributed by atoms with Crippen molar-refractivity contribution in [3.8, 4) is 0 Å². The van der Waals surface area contributed by atoms with Gasteiger partial charge < -0.3 is 14.8 Å². The first-order valence-electron chi connectivity index (χ1n) is 7.72. The van der Waals surface area contributed by atoms with Gasteiger partial charge in [0.15, 0.2) is 0 Å². The van der Waals surface area contributed by atoms with Gasteiger partial charge >= 0.3 is 4.87 Å². The largest absolute Gasteiger partial charge is 0.333 e. The summed E-state index contributed by atoms with van der Waals surface area (Å²) in [6.07, 6.45) is 3.89. The molecule has 2 aromatic heterocycles. The predicted octanol–water partition coefficient (Wildman–Crippen LogP) is 1.18. The van der Waals surface area contributed by atoms with Crippen LogP contribution < -0.4 is 10.2 Å². The Morgan fingerprint density at radius 1 is 1.52 bits per heavy atom. The predicted molar refractivity (Wildman–Crippen MR) is 89.5 cm³/mol. The highest BCUT2D eigenvalue weighted by molar-refractivity contribution is 7.07. The molecule has 6 nitrogen and oxygen atoms in total. The van der Waals surface area contributed by atoms with Gasteiger partial charge in [0.05, 0.1) is 6.04 Å². The molecule has 1 fully saturated rings. The van der Waals surface area contributed by atoms with E-state index < -0.39 is 0 Å². The van der Waals surface area contributed by atoms with E-state index in [9.17, 15) is 9.59 Å². The lowest BCUT2D eigenvalue weighted by Gasteiger charge is -2.36. The molecule has 1 atom stereocenters. The number of nitrogens with zero attached hydrogens (tertiary/aromatic N) is 3. The second-order valence-corrected chi connectivity index (χ2v) is 6.46. The maximum Gasteiger partial charge on any atom is 0.307 e. The summed E-state index contributed by atoms with van der Waals surface area (Å²) >= 11 is 1.18. The zero-order chi connectivity index (χ0) is 16.2. The lowest BCUT2D eigenvalue weighted by atomic mass is 10.0. The van der Waals surface area contributed by atoms with E-state index in [-0.39, 0.29) is 16.8 Å². The number of nitrogens with one attached hydrogen (secondary N) is 1. The Bertz CT molecular complexity index is 725. The molecule has 0 aromatic carbocycles. The van der Waals surface area contributed by atoms with Crippen molar-refractivity contribution in [3.05, 3.63) is 50.8 Å². The normalized spacial score (nSPS) is 18.1. The summed E-state index contributed by atoms with van der Waals surface area (Å²) in [4.78, 5) is 30.5. The lowest BCUT2D eigenvalue weighted by molar-refractivity contribution is -0.134. The number of piperazine rings is 1. The number of pyridine rings is 1.